The zero-order valence-electron chi connectivity index (χ0n) is 11.2. The molecule has 1 N–H and O–H groups in total. The third-order valence-corrected chi connectivity index (χ3v) is 2.85. The van der Waals surface area contributed by atoms with E-state index in [0.29, 0.717) is 18.7 Å². The summed E-state index contributed by atoms with van der Waals surface area (Å²) < 4.78 is 19.2. The largest absolute Gasteiger partial charge is 0.494 e. The molecule has 0 atom stereocenters. The topological polar surface area (TPSA) is 45.0 Å². The van der Waals surface area contributed by atoms with Crippen LogP contribution in [0.3, 0.4) is 0 Å². The maximum Gasteiger partial charge on any atom is 0.145 e. The number of anilines is 1. The molecule has 0 fully saturated rings. The van der Waals surface area contributed by atoms with E-state index in [1.807, 2.05) is 37.3 Å². The molecule has 102 valence electrons. The Bertz CT molecular complexity index is 617. The Morgan fingerprint density at radius 1 is 1.20 bits per heavy atom. The van der Waals surface area contributed by atoms with E-state index in [-0.39, 0.29) is 5.56 Å². The minimum absolute atomic E-state index is 0.0657. The molecule has 0 radical (unpaired) electrons. The van der Waals surface area contributed by atoms with Gasteiger partial charge in [-0.05, 0) is 37.3 Å². The Balaban J connectivity index is 2.04. The van der Waals surface area contributed by atoms with Gasteiger partial charge in [0, 0.05) is 17.8 Å². The second-order valence-corrected chi connectivity index (χ2v) is 4.20. The highest BCUT2D eigenvalue weighted by atomic mass is 19.1. The fraction of sp³-hybridized carbons (Fsp3) is 0.188. The van der Waals surface area contributed by atoms with Crippen LogP contribution in [-0.4, -0.2) is 6.61 Å². The average molecular weight is 270 g/mol. The van der Waals surface area contributed by atoms with Crippen molar-refractivity contribution in [1.29, 1.82) is 5.26 Å². The molecule has 0 aliphatic heterocycles. The van der Waals surface area contributed by atoms with Crippen molar-refractivity contribution in [2.24, 2.45) is 0 Å². The summed E-state index contributed by atoms with van der Waals surface area (Å²) in [5.74, 6) is 0.337. The highest BCUT2D eigenvalue weighted by Crippen LogP contribution is 2.18. The number of ether oxygens (including phenoxy) is 1. The minimum Gasteiger partial charge on any atom is -0.494 e. The van der Waals surface area contributed by atoms with Crippen molar-refractivity contribution in [2.45, 2.75) is 13.5 Å². The van der Waals surface area contributed by atoms with E-state index >= 15 is 0 Å². The standard InChI is InChI=1S/C16H15FN2O/c1-2-20-15-8-6-14(7-9-15)19-11-13-5-3-4-12(10-18)16(13)17/h3-9,19H,2,11H2,1H3. The molecular weight excluding hydrogens is 255 g/mol. The number of nitrogens with zero attached hydrogens (tertiary/aromatic N) is 1. The molecule has 0 heterocycles. The van der Waals surface area contributed by atoms with Crippen LogP contribution in [0.4, 0.5) is 10.1 Å². The molecule has 0 bridgehead atoms. The van der Waals surface area contributed by atoms with Crippen molar-refractivity contribution >= 4 is 5.69 Å². The second-order valence-electron chi connectivity index (χ2n) is 4.20. The fourth-order valence-corrected chi connectivity index (χ4v) is 1.84. The van der Waals surface area contributed by atoms with Crippen LogP contribution in [0.1, 0.15) is 18.1 Å². The van der Waals surface area contributed by atoms with Gasteiger partial charge in [0.2, 0.25) is 0 Å². The zero-order chi connectivity index (χ0) is 14.4. The maximum absolute atomic E-state index is 13.9. The molecule has 0 aliphatic rings. The summed E-state index contributed by atoms with van der Waals surface area (Å²) >= 11 is 0. The number of halogens is 1. The first-order valence-electron chi connectivity index (χ1n) is 6.38. The lowest BCUT2D eigenvalue weighted by Gasteiger charge is -2.09. The van der Waals surface area contributed by atoms with Crippen molar-refractivity contribution in [1.82, 2.24) is 0 Å². The van der Waals surface area contributed by atoms with E-state index in [0.717, 1.165) is 11.4 Å². The molecule has 20 heavy (non-hydrogen) atoms. The summed E-state index contributed by atoms with van der Waals surface area (Å²) in [7, 11) is 0. The highest BCUT2D eigenvalue weighted by Gasteiger charge is 2.07. The van der Waals surface area contributed by atoms with Gasteiger partial charge in [0.15, 0.2) is 0 Å². The van der Waals surface area contributed by atoms with Gasteiger partial charge in [0.1, 0.15) is 17.6 Å². The Hall–Kier alpha value is -2.54. The average Bonchev–Trinajstić information content (AvgIpc) is 2.48. The highest BCUT2D eigenvalue weighted by molar-refractivity contribution is 5.47. The fourth-order valence-electron chi connectivity index (χ4n) is 1.84. The number of hydrogen-bond acceptors (Lipinski definition) is 3. The molecule has 0 spiro atoms. The SMILES string of the molecule is CCOc1ccc(NCc2cccc(C#N)c2F)cc1. The summed E-state index contributed by atoms with van der Waals surface area (Å²) in [4.78, 5) is 0. The first-order valence-corrected chi connectivity index (χ1v) is 6.38. The van der Waals surface area contributed by atoms with Gasteiger partial charge >= 0.3 is 0 Å². The van der Waals surface area contributed by atoms with Crippen LogP contribution in [0.25, 0.3) is 0 Å². The summed E-state index contributed by atoms with van der Waals surface area (Å²) in [6, 6.07) is 14.1. The predicted octanol–water partition coefficient (Wildman–Crippen LogP) is 3.71. The molecule has 0 saturated carbocycles. The van der Waals surface area contributed by atoms with Gasteiger partial charge in [-0.1, -0.05) is 12.1 Å². The normalized spacial score (nSPS) is 9.85. The number of benzene rings is 2. The molecule has 0 aliphatic carbocycles. The van der Waals surface area contributed by atoms with E-state index in [1.165, 1.54) is 6.07 Å². The zero-order valence-corrected chi connectivity index (χ0v) is 11.2. The lowest BCUT2D eigenvalue weighted by molar-refractivity contribution is 0.340. The van der Waals surface area contributed by atoms with Crippen LogP contribution in [0.2, 0.25) is 0 Å². The van der Waals surface area contributed by atoms with Gasteiger partial charge in [-0.3, -0.25) is 0 Å². The van der Waals surface area contributed by atoms with Gasteiger partial charge in [0.25, 0.3) is 0 Å². The number of hydrogen-bond donors (Lipinski definition) is 1. The third kappa shape index (κ3) is 3.27. The molecule has 0 unspecified atom stereocenters. The molecule has 2 aromatic carbocycles. The van der Waals surface area contributed by atoms with Crippen molar-refractivity contribution in [3.63, 3.8) is 0 Å². The molecule has 0 amide bonds. The summed E-state index contributed by atoms with van der Waals surface area (Å²) in [6.07, 6.45) is 0. The molecule has 4 heteroatoms. The van der Waals surface area contributed by atoms with Crippen LogP contribution in [-0.2, 0) is 6.54 Å². The first kappa shape index (κ1) is 13.9. The number of nitrogens with one attached hydrogen (secondary N) is 1. The van der Waals surface area contributed by atoms with Crippen molar-refractivity contribution in [2.75, 3.05) is 11.9 Å². The number of rotatable bonds is 5. The Morgan fingerprint density at radius 3 is 2.60 bits per heavy atom. The molecule has 2 rings (SSSR count). The summed E-state index contributed by atoms with van der Waals surface area (Å²) in [5.41, 5.74) is 1.41. The maximum atomic E-state index is 13.9. The Kier molecular flexibility index (Phi) is 4.56. The monoisotopic (exact) mass is 270 g/mol. The first-order chi connectivity index (χ1) is 9.74. The summed E-state index contributed by atoms with van der Waals surface area (Å²) in [5, 5.41) is 11.9. The minimum atomic E-state index is -0.464. The van der Waals surface area contributed by atoms with E-state index < -0.39 is 5.82 Å². The molecule has 0 saturated heterocycles. The van der Waals surface area contributed by atoms with E-state index in [4.69, 9.17) is 10.00 Å². The second kappa shape index (κ2) is 6.58. The lowest BCUT2D eigenvalue weighted by atomic mass is 10.1. The van der Waals surface area contributed by atoms with Gasteiger partial charge in [-0.15, -0.1) is 0 Å². The molecule has 2 aromatic rings. The quantitative estimate of drug-likeness (QED) is 0.900. The molecular formula is C16H15FN2O. The summed E-state index contributed by atoms with van der Waals surface area (Å²) in [6.45, 7) is 2.88. The van der Waals surface area contributed by atoms with E-state index in [9.17, 15) is 4.39 Å². The Morgan fingerprint density at radius 2 is 1.95 bits per heavy atom. The molecule has 3 nitrogen and oxygen atoms in total. The van der Waals surface area contributed by atoms with Gasteiger partial charge in [0.05, 0.1) is 12.2 Å². The van der Waals surface area contributed by atoms with Crippen LogP contribution in [0.15, 0.2) is 42.5 Å². The van der Waals surface area contributed by atoms with Crippen LogP contribution >= 0.6 is 0 Å². The van der Waals surface area contributed by atoms with Gasteiger partial charge < -0.3 is 10.1 Å². The van der Waals surface area contributed by atoms with Crippen molar-refractivity contribution < 1.29 is 9.13 Å². The predicted molar refractivity (Wildman–Crippen MR) is 76.1 cm³/mol. The number of nitriles is 1. The van der Waals surface area contributed by atoms with Crippen LogP contribution in [0, 0.1) is 17.1 Å². The van der Waals surface area contributed by atoms with Crippen LogP contribution < -0.4 is 10.1 Å². The van der Waals surface area contributed by atoms with E-state index in [1.54, 1.807) is 12.1 Å². The van der Waals surface area contributed by atoms with Gasteiger partial charge in [-0.25, -0.2) is 4.39 Å². The van der Waals surface area contributed by atoms with E-state index in [2.05, 4.69) is 5.32 Å². The smallest absolute Gasteiger partial charge is 0.145 e. The molecule has 0 aromatic heterocycles. The van der Waals surface area contributed by atoms with Crippen molar-refractivity contribution in [3.8, 4) is 11.8 Å². The van der Waals surface area contributed by atoms with Crippen LogP contribution in [0.5, 0.6) is 5.75 Å². The Labute approximate surface area is 117 Å². The van der Waals surface area contributed by atoms with Crippen molar-refractivity contribution in [3.05, 3.63) is 59.4 Å². The third-order valence-electron chi connectivity index (χ3n) is 2.85. The lowest BCUT2D eigenvalue weighted by Crippen LogP contribution is -2.03. The van der Waals surface area contributed by atoms with Gasteiger partial charge in [-0.2, -0.15) is 5.26 Å².